The molecule has 0 spiro atoms. The topological polar surface area (TPSA) is 45.5 Å². The first-order chi connectivity index (χ1) is 12.2. The summed E-state index contributed by atoms with van der Waals surface area (Å²) in [6, 6.07) is 10.4. The Labute approximate surface area is 146 Å². The summed E-state index contributed by atoms with van der Waals surface area (Å²) in [6.07, 6.45) is 3.72. The van der Waals surface area contributed by atoms with Crippen molar-refractivity contribution in [2.45, 2.75) is 32.4 Å². The van der Waals surface area contributed by atoms with Crippen LogP contribution in [0.25, 0.3) is 0 Å². The van der Waals surface area contributed by atoms with Gasteiger partial charge in [-0.05, 0) is 18.9 Å². The van der Waals surface area contributed by atoms with Crippen molar-refractivity contribution in [3.8, 4) is 0 Å². The maximum absolute atomic E-state index is 12.9. The van der Waals surface area contributed by atoms with Gasteiger partial charge in [-0.3, -0.25) is 4.57 Å². The van der Waals surface area contributed by atoms with Crippen molar-refractivity contribution in [1.29, 1.82) is 0 Å². The Balaban J connectivity index is 1.70. The van der Waals surface area contributed by atoms with E-state index in [9.17, 15) is 8.78 Å². The number of guanidine groups is 1. The molecule has 134 valence electrons. The van der Waals surface area contributed by atoms with Crippen LogP contribution >= 0.6 is 0 Å². The summed E-state index contributed by atoms with van der Waals surface area (Å²) in [5.74, 6) is 1.49. The zero-order chi connectivity index (χ0) is 17.6. The van der Waals surface area contributed by atoms with Crippen LogP contribution in [0.1, 0.15) is 37.2 Å². The molecule has 2 heterocycles. The highest BCUT2D eigenvalue weighted by molar-refractivity contribution is 5.80. The first-order valence-corrected chi connectivity index (χ1v) is 8.57. The van der Waals surface area contributed by atoms with Gasteiger partial charge >= 0.3 is 6.55 Å². The molecule has 1 aromatic carbocycles. The minimum absolute atomic E-state index is 0.131. The molecule has 0 saturated carbocycles. The summed E-state index contributed by atoms with van der Waals surface area (Å²) < 4.78 is 26.7. The van der Waals surface area contributed by atoms with Crippen LogP contribution in [-0.4, -0.2) is 40.0 Å². The highest BCUT2D eigenvalue weighted by Crippen LogP contribution is 2.27. The predicted octanol–water partition coefficient (Wildman–Crippen LogP) is 3.23. The second kappa shape index (κ2) is 8.09. The van der Waals surface area contributed by atoms with Gasteiger partial charge in [0.15, 0.2) is 5.96 Å². The summed E-state index contributed by atoms with van der Waals surface area (Å²) in [7, 11) is 0. The summed E-state index contributed by atoms with van der Waals surface area (Å²) in [5.41, 5.74) is 1.33. The minimum atomic E-state index is -2.59. The smallest absolute Gasteiger partial charge is 0.319 e. The number of aromatic nitrogens is 2. The average Bonchev–Trinajstić information content (AvgIpc) is 3.29. The Morgan fingerprint density at radius 3 is 2.88 bits per heavy atom. The molecule has 0 radical (unpaired) electrons. The van der Waals surface area contributed by atoms with Crippen molar-refractivity contribution in [3.05, 3.63) is 54.1 Å². The summed E-state index contributed by atoms with van der Waals surface area (Å²) in [5, 5.41) is 3.26. The second-order valence-electron chi connectivity index (χ2n) is 6.04. The lowest BCUT2D eigenvalue weighted by molar-refractivity contribution is 0.0671. The molecule has 1 aliphatic heterocycles. The lowest BCUT2D eigenvalue weighted by Gasteiger charge is -2.21. The number of likely N-dealkylation sites (tertiary alicyclic amines) is 1. The van der Waals surface area contributed by atoms with E-state index in [1.54, 1.807) is 0 Å². The number of imidazole rings is 1. The van der Waals surface area contributed by atoms with E-state index in [0.29, 0.717) is 5.92 Å². The Morgan fingerprint density at radius 1 is 1.36 bits per heavy atom. The number of alkyl halides is 2. The van der Waals surface area contributed by atoms with E-state index in [4.69, 9.17) is 0 Å². The van der Waals surface area contributed by atoms with Crippen LogP contribution in [0, 0.1) is 0 Å². The Hall–Kier alpha value is -2.44. The van der Waals surface area contributed by atoms with Gasteiger partial charge in [0.05, 0.1) is 0 Å². The number of halogens is 2. The molecule has 0 amide bonds. The highest BCUT2D eigenvalue weighted by Gasteiger charge is 2.26. The zero-order valence-corrected chi connectivity index (χ0v) is 14.3. The second-order valence-corrected chi connectivity index (χ2v) is 6.04. The monoisotopic (exact) mass is 347 g/mol. The molecule has 1 N–H and O–H groups in total. The number of aliphatic imine (C=N–C) groups is 1. The molecule has 1 aromatic heterocycles. The SMILES string of the molecule is CCNC(=NCc1nccn1C(F)F)N1CCC(c2ccccc2)C1. The van der Waals surface area contributed by atoms with Gasteiger partial charge in [-0.25, -0.2) is 9.98 Å². The van der Waals surface area contributed by atoms with Crippen LogP contribution in [0.15, 0.2) is 47.7 Å². The van der Waals surface area contributed by atoms with E-state index in [1.807, 2.05) is 13.0 Å². The normalized spacial score (nSPS) is 18.2. The molecule has 25 heavy (non-hydrogen) atoms. The van der Waals surface area contributed by atoms with E-state index < -0.39 is 6.55 Å². The quantitative estimate of drug-likeness (QED) is 0.667. The number of benzene rings is 1. The molecule has 0 bridgehead atoms. The van der Waals surface area contributed by atoms with Crippen molar-refractivity contribution in [2.24, 2.45) is 4.99 Å². The Kier molecular flexibility index (Phi) is 5.63. The molecule has 1 unspecified atom stereocenters. The van der Waals surface area contributed by atoms with Crippen LogP contribution in [0.3, 0.4) is 0 Å². The molecule has 7 heteroatoms. The lowest BCUT2D eigenvalue weighted by Crippen LogP contribution is -2.40. The average molecular weight is 347 g/mol. The van der Waals surface area contributed by atoms with Gasteiger partial charge in [-0.15, -0.1) is 0 Å². The van der Waals surface area contributed by atoms with Crippen LogP contribution in [0.5, 0.6) is 0 Å². The number of rotatable bonds is 5. The number of hydrogen-bond acceptors (Lipinski definition) is 2. The number of nitrogens with zero attached hydrogens (tertiary/aromatic N) is 4. The van der Waals surface area contributed by atoms with Gasteiger partial charge in [-0.2, -0.15) is 8.78 Å². The van der Waals surface area contributed by atoms with E-state index in [2.05, 4.69) is 44.5 Å². The number of hydrogen-bond donors (Lipinski definition) is 1. The standard InChI is InChI=1S/C18H23F2N5/c1-2-21-18(23-12-16-22-9-11-25(16)17(19)20)24-10-8-15(13-24)14-6-4-3-5-7-14/h3-7,9,11,15,17H,2,8,10,12-13H2,1H3,(H,21,23). The zero-order valence-electron chi connectivity index (χ0n) is 14.3. The molecular weight excluding hydrogens is 324 g/mol. The van der Waals surface area contributed by atoms with Gasteiger partial charge in [0.1, 0.15) is 12.4 Å². The molecular formula is C18H23F2N5. The fourth-order valence-electron chi connectivity index (χ4n) is 3.17. The van der Waals surface area contributed by atoms with Crippen LogP contribution in [-0.2, 0) is 6.54 Å². The molecule has 1 aliphatic rings. The summed E-state index contributed by atoms with van der Waals surface area (Å²) in [6.45, 7) is 2.04. The lowest BCUT2D eigenvalue weighted by atomic mass is 9.99. The Bertz CT molecular complexity index is 699. The third kappa shape index (κ3) is 4.15. The number of nitrogens with one attached hydrogen (secondary N) is 1. The maximum Gasteiger partial charge on any atom is 0.319 e. The summed E-state index contributed by atoms with van der Waals surface area (Å²) >= 11 is 0. The molecule has 5 nitrogen and oxygen atoms in total. The van der Waals surface area contributed by atoms with Gasteiger partial charge in [-0.1, -0.05) is 30.3 Å². The van der Waals surface area contributed by atoms with Crippen molar-refractivity contribution in [3.63, 3.8) is 0 Å². The van der Waals surface area contributed by atoms with Crippen molar-refractivity contribution in [2.75, 3.05) is 19.6 Å². The minimum Gasteiger partial charge on any atom is -0.357 e. The third-order valence-electron chi connectivity index (χ3n) is 4.42. The van der Waals surface area contributed by atoms with E-state index >= 15 is 0 Å². The van der Waals surface area contributed by atoms with Gasteiger partial charge in [0, 0.05) is 37.9 Å². The van der Waals surface area contributed by atoms with Gasteiger partial charge in [0.25, 0.3) is 0 Å². The van der Waals surface area contributed by atoms with Crippen LogP contribution in [0.4, 0.5) is 8.78 Å². The largest absolute Gasteiger partial charge is 0.357 e. The maximum atomic E-state index is 12.9. The van der Waals surface area contributed by atoms with Crippen molar-refractivity contribution < 1.29 is 8.78 Å². The Morgan fingerprint density at radius 2 is 2.16 bits per heavy atom. The molecule has 1 fully saturated rings. The van der Waals surface area contributed by atoms with E-state index in [1.165, 1.54) is 18.0 Å². The molecule has 1 atom stereocenters. The molecule has 1 saturated heterocycles. The molecule has 3 rings (SSSR count). The third-order valence-corrected chi connectivity index (χ3v) is 4.42. The van der Waals surface area contributed by atoms with Crippen LogP contribution < -0.4 is 5.32 Å². The fraction of sp³-hybridized carbons (Fsp3) is 0.444. The van der Waals surface area contributed by atoms with Gasteiger partial charge < -0.3 is 10.2 Å². The summed E-state index contributed by atoms with van der Waals surface area (Å²) in [4.78, 5) is 10.7. The predicted molar refractivity (Wildman–Crippen MR) is 93.7 cm³/mol. The molecule has 2 aromatic rings. The first-order valence-electron chi connectivity index (χ1n) is 8.57. The van der Waals surface area contributed by atoms with Gasteiger partial charge in [0.2, 0.25) is 0 Å². The van der Waals surface area contributed by atoms with E-state index in [0.717, 1.165) is 36.6 Å². The van der Waals surface area contributed by atoms with E-state index in [-0.39, 0.29) is 12.4 Å². The fourth-order valence-corrected chi connectivity index (χ4v) is 3.17. The van der Waals surface area contributed by atoms with Crippen LogP contribution in [0.2, 0.25) is 0 Å². The van der Waals surface area contributed by atoms with Crippen molar-refractivity contribution >= 4 is 5.96 Å². The highest BCUT2D eigenvalue weighted by atomic mass is 19.3. The molecule has 0 aliphatic carbocycles. The first kappa shape index (κ1) is 17.4. The van der Waals surface area contributed by atoms with Crippen molar-refractivity contribution in [1.82, 2.24) is 19.8 Å².